The van der Waals surface area contributed by atoms with Crippen molar-refractivity contribution in [2.75, 3.05) is 185 Å². The van der Waals surface area contributed by atoms with E-state index in [4.69, 9.17) is 18.9 Å². The smallest absolute Gasteiger partial charge is 0.162 e. The number of ether oxygens (including phenoxy) is 4. The molecule has 0 radical (unpaired) electrons. The third kappa shape index (κ3) is 28.1. The molecule has 7 aromatic carbocycles. The highest BCUT2D eigenvalue weighted by Crippen LogP contribution is 2.38. The molecule has 11 aromatic rings. The zero-order valence-electron chi connectivity index (χ0n) is 76.2. The molecule has 25 heteroatoms. The quantitative estimate of drug-likeness (QED) is 0.0195. The van der Waals surface area contributed by atoms with Crippen molar-refractivity contribution in [3.63, 3.8) is 0 Å². The van der Waals surface area contributed by atoms with Gasteiger partial charge in [-0.2, -0.15) is 0 Å². The molecular weight excluding hydrogens is 1600 g/mol. The molecule has 4 aromatic heterocycles. The molecule has 5 aliphatic rings. The van der Waals surface area contributed by atoms with Gasteiger partial charge in [-0.3, -0.25) is 19.6 Å². The van der Waals surface area contributed by atoms with Gasteiger partial charge in [0, 0.05) is 222 Å². The number of piperazine rings is 4. The lowest BCUT2D eigenvalue weighted by molar-refractivity contribution is 0.216. The number of aromatic nitrogens is 4. The number of likely N-dealkylation sites (tertiary alicyclic amines) is 1. The molecule has 25 nitrogen and oxygen atoms in total. The molecule has 0 spiro atoms. The summed E-state index contributed by atoms with van der Waals surface area (Å²) < 4.78 is 21.9. The van der Waals surface area contributed by atoms with Gasteiger partial charge in [-0.25, -0.2) is 19.9 Å². The molecule has 5 aliphatic heterocycles. The molecule has 9 heterocycles. The van der Waals surface area contributed by atoms with E-state index in [-0.39, 0.29) is 23.0 Å². The fourth-order valence-electron chi connectivity index (χ4n) is 17.0. The van der Waals surface area contributed by atoms with E-state index < -0.39 is 0 Å². The Morgan fingerprint density at radius 1 is 0.344 bits per heavy atom. The monoisotopic (exact) mass is 1740 g/mol. The normalized spacial score (nSPS) is 15.8. The van der Waals surface area contributed by atoms with Crippen molar-refractivity contribution in [1.82, 2.24) is 60.4 Å². The maximum Gasteiger partial charge on any atom is 0.162 e. The van der Waals surface area contributed by atoms with E-state index in [0.717, 1.165) is 223 Å². The third-order valence-corrected chi connectivity index (χ3v) is 24.7. The van der Waals surface area contributed by atoms with E-state index in [0.29, 0.717) is 61.8 Å². The Bertz CT molecular complexity index is 5120. The summed E-state index contributed by atoms with van der Waals surface area (Å²) in [6, 6.07) is 68.0. The minimum absolute atomic E-state index is 0.230. The van der Waals surface area contributed by atoms with Crippen LogP contribution in [0.1, 0.15) is 86.5 Å². The maximum absolute atomic E-state index is 10.8. The van der Waals surface area contributed by atoms with Crippen LogP contribution in [0.2, 0.25) is 0 Å². The topological polar surface area (TPSA) is 247 Å². The summed E-state index contributed by atoms with van der Waals surface area (Å²) in [5.74, 6) is 7.98. The fraction of sp³-hybridized carbons (Fsp3) is 0.398. The van der Waals surface area contributed by atoms with Gasteiger partial charge in [0.05, 0.1) is 28.4 Å². The van der Waals surface area contributed by atoms with Crippen LogP contribution in [0.5, 0.6) is 46.0 Å². The SMILES string of the molecule is COc1cc(CNC(C)Cc2ccccc2)cc(CN2CCN(c3ccccn3)CC2)c1O.COc1cc(CNCC2CCN(C)CC2)cc(CN2CCN(c3ccccn3)CC2)c1O.COc1cc(CNCc2ccc(C)cc2)cc(CN2CCN(c3ccccn3)CC2)c1O.COc1cc(CNc2ccc(C)cc2)cc(CN2CCN(c3ccccn3)CC2)c1O. The number of methoxy groups -OCH3 is 4. The lowest BCUT2D eigenvalue weighted by atomic mass is 9.97. The van der Waals surface area contributed by atoms with E-state index in [1.54, 1.807) is 28.4 Å². The third-order valence-electron chi connectivity index (χ3n) is 24.7. The maximum atomic E-state index is 10.8. The highest BCUT2D eigenvalue weighted by atomic mass is 16.5. The molecule has 16 rings (SSSR count). The first-order valence-electron chi connectivity index (χ1n) is 45.3. The number of piperidine rings is 1. The van der Waals surface area contributed by atoms with E-state index in [1.165, 1.54) is 48.2 Å². The van der Waals surface area contributed by atoms with Gasteiger partial charge in [0.25, 0.3) is 0 Å². The largest absolute Gasteiger partial charge is 0.504 e. The average Bonchev–Trinajstić information content (AvgIpc) is 0.829. The summed E-state index contributed by atoms with van der Waals surface area (Å²) in [6.07, 6.45) is 10.9. The van der Waals surface area contributed by atoms with Gasteiger partial charge in [-0.05, 0) is 215 Å². The van der Waals surface area contributed by atoms with E-state index >= 15 is 0 Å². The number of phenolic OH excluding ortho intramolecular Hbond substituents is 4. The summed E-state index contributed by atoms with van der Waals surface area (Å²) in [6.45, 7) is 31.2. The van der Waals surface area contributed by atoms with Crippen LogP contribution >= 0.6 is 0 Å². The van der Waals surface area contributed by atoms with Gasteiger partial charge < -0.3 is 85.1 Å². The van der Waals surface area contributed by atoms with Crippen LogP contribution in [0, 0.1) is 19.8 Å². The molecule has 0 saturated carbocycles. The molecule has 5 saturated heterocycles. The predicted molar refractivity (Wildman–Crippen MR) is 514 cm³/mol. The Labute approximate surface area is 758 Å². The first-order chi connectivity index (χ1) is 62.5. The molecule has 128 heavy (non-hydrogen) atoms. The second-order valence-corrected chi connectivity index (χ2v) is 34.2. The highest BCUT2D eigenvalue weighted by Gasteiger charge is 2.27. The van der Waals surface area contributed by atoms with Gasteiger partial charge in [0.15, 0.2) is 46.0 Å². The average molecular weight is 1740 g/mol. The molecule has 0 amide bonds. The molecule has 678 valence electrons. The van der Waals surface area contributed by atoms with Crippen molar-refractivity contribution in [2.24, 2.45) is 5.92 Å². The summed E-state index contributed by atoms with van der Waals surface area (Å²) >= 11 is 0. The first kappa shape index (κ1) is 93.8. The van der Waals surface area contributed by atoms with Crippen LogP contribution in [0.3, 0.4) is 0 Å². The molecular formula is C103H133N17O8. The number of phenols is 4. The van der Waals surface area contributed by atoms with E-state index in [2.05, 4.69) is 234 Å². The van der Waals surface area contributed by atoms with Gasteiger partial charge in [-0.1, -0.05) is 102 Å². The minimum atomic E-state index is 0.230. The lowest BCUT2D eigenvalue weighted by Gasteiger charge is -2.35. The first-order valence-corrected chi connectivity index (χ1v) is 45.3. The second kappa shape index (κ2) is 48.4. The number of anilines is 5. The number of nitrogens with one attached hydrogen (secondary N) is 4. The summed E-state index contributed by atoms with van der Waals surface area (Å²) in [5.41, 5.74) is 14.3. The van der Waals surface area contributed by atoms with Gasteiger partial charge in [0.2, 0.25) is 0 Å². The van der Waals surface area contributed by atoms with Crippen LogP contribution in [-0.4, -0.2) is 231 Å². The molecule has 5 fully saturated rings. The van der Waals surface area contributed by atoms with Crippen LogP contribution in [-0.2, 0) is 65.3 Å². The van der Waals surface area contributed by atoms with E-state index in [9.17, 15) is 20.4 Å². The van der Waals surface area contributed by atoms with Gasteiger partial charge in [-0.15, -0.1) is 0 Å². The van der Waals surface area contributed by atoms with Crippen LogP contribution < -0.4 is 59.8 Å². The summed E-state index contributed by atoms with van der Waals surface area (Å²) in [7, 11) is 8.64. The van der Waals surface area contributed by atoms with Crippen molar-refractivity contribution in [3.8, 4) is 46.0 Å². The summed E-state index contributed by atoms with van der Waals surface area (Å²) in [4.78, 5) is 39.0. The number of hydrogen-bond donors (Lipinski definition) is 8. The number of aromatic hydroxyl groups is 4. The standard InChI is InChI=1S/C27H34N4O2.C26H32N4O2.C25H37N5O2.C25H30N4O2/c1-21(16-22-8-4-3-5-9-22)29-19-23-17-24(27(32)25(18-23)33-2)20-30-12-14-31(15-13-30)26-10-6-7-11-28-26;1-20-6-8-21(9-7-20)17-27-18-22-15-23(26(31)24(16-22)32-2)19-29-11-13-30(14-12-29)25-5-3-4-10-28-25;1-28-9-6-20(7-10-28)17-26-18-21-15-22(25(31)23(16-21)32-2)19-29-11-13-30(14-12-29)24-5-3-4-8-27-24;1-19-6-8-22(9-7-19)27-17-20-15-21(25(30)23(16-20)31-2)18-28-11-13-29(14-12-28)24-5-3-4-10-26-24/h3-11,17-18,21,29,32H,12-16,19-20H2,1-2H3;3-10,15-16,27,31H,11-14,17-19H2,1-2H3;3-5,8,15-16,20,26,31H,6-7,9-14,17-19H2,1-2H3;3-10,15-16,27,30H,11-14,17-18H2,1-2H3. The van der Waals surface area contributed by atoms with Crippen molar-refractivity contribution < 1.29 is 39.4 Å². The molecule has 1 atom stereocenters. The minimum Gasteiger partial charge on any atom is -0.504 e. The molecule has 0 aliphatic carbocycles. The number of aryl methyl sites for hydroxylation is 2. The van der Waals surface area contributed by atoms with Crippen molar-refractivity contribution >= 4 is 29.0 Å². The second-order valence-electron chi connectivity index (χ2n) is 34.2. The number of pyridine rings is 4. The van der Waals surface area contributed by atoms with Gasteiger partial charge >= 0.3 is 0 Å². The number of hydrogen-bond acceptors (Lipinski definition) is 25. The Hall–Kier alpha value is -11.8. The Morgan fingerprint density at radius 3 is 1.01 bits per heavy atom. The lowest BCUT2D eigenvalue weighted by Crippen LogP contribution is -2.46. The van der Waals surface area contributed by atoms with Crippen LogP contribution in [0.15, 0.2) is 225 Å². The number of benzene rings is 7. The Balaban J connectivity index is 0.000000146. The Morgan fingerprint density at radius 2 is 0.664 bits per heavy atom. The van der Waals surface area contributed by atoms with Crippen LogP contribution in [0.25, 0.3) is 0 Å². The molecule has 1 unspecified atom stereocenters. The highest BCUT2D eigenvalue weighted by molar-refractivity contribution is 5.54. The number of nitrogens with zero attached hydrogens (tertiary/aromatic N) is 13. The molecule has 8 N–H and O–H groups in total. The summed E-state index contributed by atoms with van der Waals surface area (Å²) in [5, 5.41) is 57.1. The number of rotatable bonds is 32. The van der Waals surface area contributed by atoms with E-state index in [1.807, 2.05) is 104 Å². The van der Waals surface area contributed by atoms with Crippen molar-refractivity contribution in [1.29, 1.82) is 0 Å². The predicted octanol–water partition coefficient (Wildman–Crippen LogP) is 14.1. The fourth-order valence-corrected chi connectivity index (χ4v) is 17.0. The zero-order valence-corrected chi connectivity index (χ0v) is 76.2. The van der Waals surface area contributed by atoms with Gasteiger partial charge in [0.1, 0.15) is 23.3 Å². The zero-order chi connectivity index (χ0) is 89.4. The van der Waals surface area contributed by atoms with Crippen LogP contribution in [0.4, 0.5) is 29.0 Å². The molecule has 0 bridgehead atoms. The van der Waals surface area contributed by atoms with Crippen molar-refractivity contribution in [3.05, 3.63) is 292 Å². The Kier molecular flexibility index (Phi) is 35.5. The van der Waals surface area contributed by atoms with Crippen molar-refractivity contribution in [2.45, 2.75) is 105 Å².